The highest BCUT2D eigenvalue weighted by Crippen LogP contribution is 2.29. The van der Waals surface area contributed by atoms with E-state index >= 15 is 0 Å². The van der Waals surface area contributed by atoms with Crippen LogP contribution in [0.2, 0.25) is 0 Å². The Balaban J connectivity index is 1.47. The highest BCUT2D eigenvalue weighted by atomic mass is 16.6. The third-order valence-electron chi connectivity index (χ3n) is 6.58. The van der Waals surface area contributed by atoms with Crippen LogP contribution in [0, 0.1) is 5.92 Å². The molecule has 2 fully saturated rings. The maximum Gasteiger partial charge on any atom is 0.412 e. The van der Waals surface area contributed by atoms with Crippen LogP contribution >= 0.6 is 0 Å². The van der Waals surface area contributed by atoms with E-state index in [2.05, 4.69) is 5.32 Å². The molecular weight excluding hydrogens is 430 g/mol. The summed E-state index contributed by atoms with van der Waals surface area (Å²) < 4.78 is 5.42. The minimum absolute atomic E-state index is 0.110. The Morgan fingerprint density at radius 2 is 1.56 bits per heavy atom. The van der Waals surface area contributed by atoms with Gasteiger partial charge in [0.15, 0.2) is 0 Å². The number of fused-ring (bicyclic) bond motifs is 1. The molecule has 2 aliphatic rings. The summed E-state index contributed by atoms with van der Waals surface area (Å²) in [4.78, 5) is 42.3. The number of piperidine rings is 1. The van der Waals surface area contributed by atoms with Crippen LogP contribution in [0.3, 0.4) is 0 Å². The summed E-state index contributed by atoms with van der Waals surface area (Å²) >= 11 is 0. The molecule has 34 heavy (non-hydrogen) atoms. The highest BCUT2D eigenvalue weighted by molar-refractivity contribution is 6.07. The summed E-state index contributed by atoms with van der Waals surface area (Å²) in [5.74, 6) is 0.454. The van der Waals surface area contributed by atoms with Crippen molar-refractivity contribution >= 4 is 34.4 Å². The molecule has 2 aromatic rings. The van der Waals surface area contributed by atoms with E-state index in [9.17, 15) is 14.4 Å². The minimum atomic E-state index is -0.639. The zero-order valence-corrected chi connectivity index (χ0v) is 20.4. The fourth-order valence-electron chi connectivity index (χ4n) is 4.79. The van der Waals surface area contributed by atoms with Crippen LogP contribution in [0.15, 0.2) is 36.4 Å². The van der Waals surface area contributed by atoms with Crippen molar-refractivity contribution in [3.05, 3.63) is 42.0 Å². The number of carbonyl (C=O) groups is 3. The van der Waals surface area contributed by atoms with E-state index in [4.69, 9.17) is 4.74 Å². The Labute approximate surface area is 201 Å². The Hall–Kier alpha value is -3.09. The first-order chi connectivity index (χ1) is 16.2. The summed E-state index contributed by atoms with van der Waals surface area (Å²) in [6.45, 7) is 8.38. The maximum absolute atomic E-state index is 13.5. The number of amides is 3. The number of hydrogen-bond acceptors (Lipinski definition) is 4. The molecule has 0 aromatic heterocycles. The van der Waals surface area contributed by atoms with E-state index < -0.39 is 11.7 Å². The topological polar surface area (TPSA) is 79.0 Å². The van der Waals surface area contributed by atoms with E-state index in [-0.39, 0.29) is 11.8 Å². The summed E-state index contributed by atoms with van der Waals surface area (Å²) in [6.07, 6.45) is 3.81. The SMILES string of the molecule is CC(C)(C)OC(=O)Nc1cc2ccccc2cc1C(=O)N1CCC(CC(=O)N2CCCC2)CC1. The zero-order valence-electron chi connectivity index (χ0n) is 20.4. The highest BCUT2D eigenvalue weighted by Gasteiger charge is 2.29. The van der Waals surface area contributed by atoms with Crippen LogP contribution in [-0.4, -0.2) is 59.5 Å². The number of carbonyl (C=O) groups excluding carboxylic acids is 3. The van der Waals surface area contributed by atoms with E-state index in [1.165, 1.54) is 0 Å². The summed E-state index contributed by atoms with van der Waals surface area (Å²) in [5.41, 5.74) is 0.264. The van der Waals surface area contributed by atoms with Gasteiger partial charge in [0.25, 0.3) is 5.91 Å². The third-order valence-corrected chi connectivity index (χ3v) is 6.58. The Morgan fingerprint density at radius 1 is 0.941 bits per heavy atom. The molecule has 0 aliphatic carbocycles. The standard InChI is InChI=1S/C27H35N3O4/c1-27(2,3)34-26(33)28-23-18-21-9-5-4-8-20(21)17-22(23)25(32)30-14-10-19(11-15-30)16-24(31)29-12-6-7-13-29/h4-5,8-9,17-19H,6-7,10-16H2,1-3H3,(H,28,33). The van der Waals surface area contributed by atoms with Crippen LogP contribution in [0.5, 0.6) is 0 Å². The summed E-state index contributed by atoms with van der Waals surface area (Å²) in [6, 6.07) is 11.4. The van der Waals surface area contributed by atoms with Crippen molar-refractivity contribution in [2.45, 2.75) is 58.5 Å². The van der Waals surface area contributed by atoms with Gasteiger partial charge >= 0.3 is 6.09 Å². The second-order valence-electron chi connectivity index (χ2n) is 10.4. The Morgan fingerprint density at radius 3 is 2.18 bits per heavy atom. The number of rotatable bonds is 4. The first kappa shape index (κ1) is 24.0. The van der Waals surface area contributed by atoms with Crippen molar-refractivity contribution in [1.82, 2.24) is 9.80 Å². The summed E-state index contributed by atoms with van der Waals surface area (Å²) in [7, 11) is 0. The number of likely N-dealkylation sites (tertiary alicyclic amines) is 2. The van der Waals surface area contributed by atoms with Gasteiger partial charge in [-0.3, -0.25) is 14.9 Å². The molecule has 7 heteroatoms. The molecule has 1 N–H and O–H groups in total. The summed E-state index contributed by atoms with van der Waals surface area (Å²) in [5, 5.41) is 4.66. The lowest BCUT2D eigenvalue weighted by Crippen LogP contribution is -2.40. The molecule has 2 saturated heterocycles. The molecule has 2 aliphatic heterocycles. The van der Waals surface area contributed by atoms with Crippen molar-refractivity contribution in [2.75, 3.05) is 31.5 Å². The number of benzene rings is 2. The number of nitrogens with one attached hydrogen (secondary N) is 1. The molecule has 7 nitrogen and oxygen atoms in total. The molecule has 0 spiro atoms. The number of anilines is 1. The second kappa shape index (κ2) is 10.0. The van der Waals surface area contributed by atoms with Gasteiger partial charge in [0.05, 0.1) is 11.3 Å². The van der Waals surface area contributed by atoms with Gasteiger partial charge in [-0.15, -0.1) is 0 Å². The largest absolute Gasteiger partial charge is 0.444 e. The lowest BCUT2D eigenvalue weighted by Gasteiger charge is -2.33. The molecule has 0 unspecified atom stereocenters. The van der Waals surface area contributed by atoms with Gasteiger partial charge in [0.2, 0.25) is 5.91 Å². The minimum Gasteiger partial charge on any atom is -0.444 e. The maximum atomic E-state index is 13.5. The van der Waals surface area contributed by atoms with Gasteiger partial charge in [0.1, 0.15) is 5.60 Å². The Bertz CT molecular complexity index is 1060. The predicted molar refractivity (Wildman–Crippen MR) is 133 cm³/mol. The second-order valence-corrected chi connectivity index (χ2v) is 10.4. The van der Waals surface area contributed by atoms with Gasteiger partial charge in [-0.25, -0.2) is 4.79 Å². The van der Waals surface area contributed by atoms with Gasteiger partial charge in [0, 0.05) is 32.6 Å². The third kappa shape index (κ3) is 5.88. The van der Waals surface area contributed by atoms with Crippen LogP contribution < -0.4 is 5.32 Å². The van der Waals surface area contributed by atoms with Crippen LogP contribution in [-0.2, 0) is 9.53 Å². The van der Waals surface area contributed by atoms with Crippen molar-refractivity contribution in [2.24, 2.45) is 5.92 Å². The fourth-order valence-corrected chi connectivity index (χ4v) is 4.79. The lowest BCUT2D eigenvalue weighted by molar-refractivity contribution is -0.131. The molecular formula is C27H35N3O4. The molecule has 4 rings (SSSR count). The lowest BCUT2D eigenvalue weighted by atomic mass is 9.92. The van der Waals surface area contributed by atoms with E-state index in [0.717, 1.165) is 49.5 Å². The van der Waals surface area contributed by atoms with Crippen molar-refractivity contribution in [3.8, 4) is 0 Å². The molecule has 0 atom stereocenters. The van der Waals surface area contributed by atoms with E-state index in [1.54, 1.807) is 20.8 Å². The number of nitrogens with zero attached hydrogens (tertiary/aromatic N) is 2. The van der Waals surface area contributed by atoms with E-state index in [0.29, 0.717) is 36.7 Å². The molecule has 2 heterocycles. The molecule has 2 aromatic carbocycles. The number of hydrogen-bond donors (Lipinski definition) is 1. The molecule has 0 bridgehead atoms. The normalized spacial score (nSPS) is 17.1. The average Bonchev–Trinajstić information content (AvgIpc) is 3.33. The van der Waals surface area contributed by atoms with Crippen LogP contribution in [0.4, 0.5) is 10.5 Å². The predicted octanol–water partition coefficient (Wildman–Crippen LogP) is 5.05. The van der Waals surface area contributed by atoms with Gasteiger partial charge in [-0.05, 0) is 75.3 Å². The van der Waals surface area contributed by atoms with Crippen molar-refractivity contribution in [1.29, 1.82) is 0 Å². The van der Waals surface area contributed by atoms with Crippen molar-refractivity contribution in [3.63, 3.8) is 0 Å². The van der Waals surface area contributed by atoms with Crippen molar-refractivity contribution < 1.29 is 19.1 Å². The monoisotopic (exact) mass is 465 g/mol. The van der Waals surface area contributed by atoms with Gasteiger partial charge in [-0.2, -0.15) is 0 Å². The molecule has 3 amide bonds. The molecule has 0 saturated carbocycles. The van der Waals surface area contributed by atoms with Gasteiger partial charge < -0.3 is 14.5 Å². The van der Waals surface area contributed by atoms with Crippen LogP contribution in [0.25, 0.3) is 10.8 Å². The first-order valence-corrected chi connectivity index (χ1v) is 12.3. The molecule has 182 valence electrons. The number of ether oxygens (including phenoxy) is 1. The van der Waals surface area contributed by atoms with E-state index in [1.807, 2.05) is 46.2 Å². The first-order valence-electron chi connectivity index (χ1n) is 12.3. The zero-order chi connectivity index (χ0) is 24.3. The fraction of sp³-hybridized carbons (Fsp3) is 0.519. The Kier molecular flexibility index (Phi) is 7.10. The molecule has 0 radical (unpaired) electrons. The van der Waals surface area contributed by atoms with Gasteiger partial charge in [-0.1, -0.05) is 24.3 Å². The quantitative estimate of drug-likeness (QED) is 0.685. The van der Waals surface area contributed by atoms with Crippen LogP contribution in [0.1, 0.15) is 63.2 Å². The average molecular weight is 466 g/mol. The smallest absolute Gasteiger partial charge is 0.412 e.